The van der Waals surface area contributed by atoms with Gasteiger partial charge in [0.1, 0.15) is 16.5 Å². The van der Waals surface area contributed by atoms with Crippen LogP contribution in [0.4, 0.5) is 0 Å². The maximum absolute atomic E-state index is 7.50. The Hall–Kier alpha value is -0.309. The van der Waals surface area contributed by atoms with Crippen LogP contribution in [-0.4, -0.2) is 28.6 Å². The average Bonchev–Trinajstić information content (AvgIpc) is 2.47. The van der Waals surface area contributed by atoms with E-state index in [-0.39, 0.29) is 17.4 Å². The zero-order valence-electron chi connectivity index (χ0n) is 13.0. The smallest absolute Gasteiger partial charge is 0 e. The van der Waals surface area contributed by atoms with E-state index in [1.54, 1.807) is 0 Å². The van der Waals surface area contributed by atoms with Gasteiger partial charge in [-0.1, -0.05) is 39.3 Å². The molecule has 0 aromatic heterocycles. The quantitative estimate of drug-likeness (QED) is 0.417. The van der Waals surface area contributed by atoms with Crippen molar-refractivity contribution in [3.63, 3.8) is 0 Å². The summed E-state index contributed by atoms with van der Waals surface area (Å²) < 4.78 is 39.7. The zero-order chi connectivity index (χ0) is 18.6. The number of rotatable bonds is 2. The summed E-state index contributed by atoms with van der Waals surface area (Å²) in [5.74, 6) is 0. The van der Waals surface area contributed by atoms with E-state index in [1.165, 1.54) is 0 Å². The first-order chi connectivity index (χ1) is 9.15. The van der Waals surface area contributed by atoms with E-state index in [9.17, 15) is 0 Å². The van der Waals surface area contributed by atoms with E-state index < -0.39 is 16.5 Å². The molecular formula is C11H18BCrNO5Si2. The molecular weight excluding hydrogens is 345 g/mol. The van der Waals surface area contributed by atoms with Crippen LogP contribution in [0.15, 0.2) is 0 Å². The molecule has 0 heterocycles. The van der Waals surface area contributed by atoms with E-state index in [4.69, 9.17) is 31.2 Å². The first-order valence-corrected chi connectivity index (χ1v) is 11.6. The second-order valence-electron chi connectivity index (χ2n) is 4.71. The predicted octanol–water partition coefficient (Wildman–Crippen LogP) is 1.85. The van der Waals surface area contributed by atoms with Crippen LogP contribution in [0.5, 0.6) is 0 Å². The van der Waals surface area contributed by atoms with Gasteiger partial charge in [0.2, 0.25) is 0 Å². The average molecular weight is 363 g/mol. The van der Waals surface area contributed by atoms with Crippen molar-refractivity contribution in [2.24, 2.45) is 0 Å². The van der Waals surface area contributed by atoms with Crippen molar-refractivity contribution in [2.75, 3.05) is 0 Å². The minimum atomic E-state index is -1.22. The third-order valence-corrected chi connectivity index (χ3v) is 8.36. The summed E-state index contributed by atoms with van der Waals surface area (Å²) in [7, 11) is 3.54. The van der Waals surface area contributed by atoms with Gasteiger partial charge in [-0.15, -0.1) is 0 Å². The van der Waals surface area contributed by atoms with Crippen LogP contribution < -0.4 is 0 Å². The predicted molar refractivity (Wildman–Crippen MR) is 73.9 cm³/mol. The molecule has 6 nitrogen and oxygen atoms in total. The van der Waals surface area contributed by atoms with Gasteiger partial charge in [0, 0.05) is 17.4 Å². The van der Waals surface area contributed by atoms with E-state index in [1.807, 2.05) is 0 Å². The fourth-order valence-corrected chi connectivity index (χ4v) is 9.06. The molecule has 21 heavy (non-hydrogen) atoms. The maximum atomic E-state index is 7.50. The van der Waals surface area contributed by atoms with E-state index >= 15 is 0 Å². The number of hydrogen-bond acceptors (Lipinski definition) is 1. The fraction of sp³-hybridized carbons (Fsp3) is 0.545. The molecule has 0 fully saturated rings. The molecule has 0 aliphatic heterocycles. The molecule has 0 N–H and O–H groups in total. The van der Waals surface area contributed by atoms with E-state index in [0.717, 1.165) is 0 Å². The summed E-state index contributed by atoms with van der Waals surface area (Å²) in [4.78, 5) is 0. The minimum Gasteiger partial charge on any atom is 0 e. The van der Waals surface area contributed by atoms with Crippen LogP contribution in [0.25, 0.3) is 0 Å². The molecule has 2 radical (unpaired) electrons. The van der Waals surface area contributed by atoms with Gasteiger partial charge in [0.15, 0.2) is 7.98 Å². The minimum absolute atomic E-state index is 0. The molecule has 0 amide bonds. The van der Waals surface area contributed by atoms with Crippen molar-refractivity contribution < 1.29 is 40.6 Å². The molecule has 0 aliphatic carbocycles. The SMILES string of the molecule is [B]N([Si](C)(C)C)[Si](C)(C)C.[C-]#[O+].[C-]#[O+].[C-]#[O+].[C-]#[O+].[C-]#[O+].[Cr]. The molecule has 0 saturated carbocycles. The van der Waals surface area contributed by atoms with Crippen LogP contribution in [-0.2, 0) is 40.6 Å². The Kier molecular flexibility index (Phi) is 65.0. The Bertz CT molecular complexity index is 243. The van der Waals surface area contributed by atoms with Crippen molar-refractivity contribution in [2.45, 2.75) is 39.3 Å². The molecule has 114 valence electrons. The second kappa shape index (κ2) is 31.9. The largest absolute Gasteiger partial charge is 0 e. The summed E-state index contributed by atoms with van der Waals surface area (Å²) in [6.07, 6.45) is 0. The third-order valence-electron chi connectivity index (χ3n) is 1.45. The Morgan fingerprint density at radius 3 is 0.667 bits per heavy atom. The molecule has 0 unspecified atom stereocenters. The van der Waals surface area contributed by atoms with Crippen LogP contribution in [0.3, 0.4) is 0 Å². The molecule has 0 aromatic carbocycles. The van der Waals surface area contributed by atoms with Crippen molar-refractivity contribution >= 4 is 24.5 Å². The van der Waals surface area contributed by atoms with Crippen LogP contribution >= 0.6 is 0 Å². The van der Waals surface area contributed by atoms with Gasteiger partial charge in [0.05, 0.1) is 0 Å². The Balaban J connectivity index is -0.0000000303. The van der Waals surface area contributed by atoms with Gasteiger partial charge in [-0.25, -0.2) is 0 Å². The Morgan fingerprint density at radius 1 is 0.571 bits per heavy atom. The summed E-state index contributed by atoms with van der Waals surface area (Å²) in [5, 5.41) is 0. The summed E-state index contributed by atoms with van der Waals surface area (Å²) in [5.41, 5.74) is 0. The molecule has 10 heteroatoms. The maximum Gasteiger partial charge on any atom is 0 e. The molecule has 0 rings (SSSR count). The first kappa shape index (κ1) is 42.8. The van der Waals surface area contributed by atoms with Crippen molar-refractivity contribution in [3.8, 4) is 0 Å². The Labute approximate surface area is 142 Å². The van der Waals surface area contributed by atoms with Crippen molar-refractivity contribution in [3.05, 3.63) is 33.3 Å². The van der Waals surface area contributed by atoms with Crippen LogP contribution in [0, 0.1) is 33.3 Å². The molecule has 0 saturated heterocycles. The van der Waals surface area contributed by atoms with Gasteiger partial charge >= 0.3 is 56.5 Å². The first-order valence-electron chi connectivity index (χ1n) is 4.73. The third kappa shape index (κ3) is 45.1. The summed E-state index contributed by atoms with van der Waals surface area (Å²) in [6.45, 7) is 36.2. The molecule has 0 atom stereocenters. The number of hydrogen-bond donors (Lipinski definition) is 0. The van der Waals surface area contributed by atoms with Crippen molar-refractivity contribution in [1.82, 2.24) is 4.14 Å². The number of nitrogens with zero attached hydrogens (tertiary/aromatic N) is 1. The molecule has 0 aromatic rings. The van der Waals surface area contributed by atoms with Gasteiger partial charge in [-0.2, -0.15) is 0 Å². The monoisotopic (exact) mass is 363 g/mol. The van der Waals surface area contributed by atoms with E-state index in [2.05, 4.69) is 76.7 Å². The van der Waals surface area contributed by atoms with E-state index in [0.29, 0.717) is 0 Å². The van der Waals surface area contributed by atoms with Gasteiger partial charge < -0.3 is 4.14 Å². The van der Waals surface area contributed by atoms with Gasteiger partial charge in [-0.3, -0.25) is 0 Å². The summed E-state index contributed by atoms with van der Waals surface area (Å²) >= 11 is 0. The fourth-order valence-electron chi connectivity index (χ4n) is 1.01. The molecule has 0 aliphatic rings. The van der Waals surface area contributed by atoms with Crippen LogP contribution in [0.1, 0.15) is 0 Å². The molecule has 0 spiro atoms. The van der Waals surface area contributed by atoms with Gasteiger partial charge in [0.25, 0.3) is 0 Å². The summed E-state index contributed by atoms with van der Waals surface area (Å²) in [6, 6.07) is 0. The second-order valence-corrected chi connectivity index (χ2v) is 14.8. The Morgan fingerprint density at radius 2 is 0.667 bits per heavy atom. The standard InChI is InChI=1S/C6H18BNSi2.5CO.Cr/c1-9(2,3)8(7)10(4,5)6;5*1-2;/h1-6H3;;;;;;. The van der Waals surface area contributed by atoms with Crippen molar-refractivity contribution in [1.29, 1.82) is 0 Å². The normalized spacial score (nSPS) is 7.29. The topological polar surface area (TPSA) is 103 Å². The zero-order valence-corrected chi connectivity index (χ0v) is 16.2. The van der Waals surface area contributed by atoms with Gasteiger partial charge in [-0.05, 0) is 0 Å². The molecule has 0 bridgehead atoms. The van der Waals surface area contributed by atoms with Crippen LogP contribution in [0.2, 0.25) is 39.3 Å².